The molecule has 0 amide bonds. The fourth-order valence-corrected chi connectivity index (χ4v) is 1.52. The highest BCUT2D eigenvalue weighted by atomic mass is 17.2. The summed E-state index contributed by atoms with van der Waals surface area (Å²) in [6, 6.07) is 7.49. The van der Waals surface area contributed by atoms with E-state index in [1.807, 2.05) is 31.2 Å². The molecule has 0 N–H and O–H groups in total. The van der Waals surface area contributed by atoms with E-state index in [0.717, 1.165) is 12.0 Å². The fraction of sp³-hybridized carbons (Fsp3) is 0.417. The van der Waals surface area contributed by atoms with Gasteiger partial charge in [-0.15, -0.1) is 0 Å². The normalized spacial score (nSPS) is 18.4. The van der Waals surface area contributed by atoms with Crippen LogP contribution in [0.15, 0.2) is 24.3 Å². The van der Waals surface area contributed by atoms with Crippen LogP contribution in [0.1, 0.15) is 18.9 Å². The second-order valence-corrected chi connectivity index (χ2v) is 3.65. The Bertz CT molecular complexity index is 375. The van der Waals surface area contributed by atoms with Crippen LogP contribution in [0, 0.1) is 0 Å². The molecule has 0 saturated heterocycles. The highest BCUT2D eigenvalue weighted by Crippen LogP contribution is 2.25. The van der Waals surface area contributed by atoms with E-state index in [-0.39, 0.29) is 5.97 Å². The fourth-order valence-electron chi connectivity index (χ4n) is 1.52. The third-order valence-corrected chi connectivity index (χ3v) is 2.34. The standard InChI is InChI=1S/C12H14O4/c1-2-7-14-12(13)11-8-9-5-3-4-6-10(9)15-16-11/h3-6,11H,2,7-8H2,1H3. The van der Waals surface area contributed by atoms with Gasteiger partial charge in [-0.2, -0.15) is 4.89 Å². The zero-order chi connectivity index (χ0) is 11.4. The number of carbonyl (C=O) groups is 1. The topological polar surface area (TPSA) is 44.8 Å². The molecule has 1 aliphatic rings. The molecule has 16 heavy (non-hydrogen) atoms. The minimum absolute atomic E-state index is 0.364. The molecule has 0 saturated carbocycles. The van der Waals surface area contributed by atoms with Gasteiger partial charge in [0.25, 0.3) is 0 Å². The first-order valence-corrected chi connectivity index (χ1v) is 5.39. The molecular formula is C12H14O4. The van der Waals surface area contributed by atoms with Crippen molar-refractivity contribution >= 4 is 5.97 Å². The lowest BCUT2D eigenvalue weighted by Crippen LogP contribution is -2.33. The van der Waals surface area contributed by atoms with E-state index in [2.05, 4.69) is 0 Å². The van der Waals surface area contributed by atoms with E-state index in [1.54, 1.807) is 0 Å². The van der Waals surface area contributed by atoms with Gasteiger partial charge in [-0.1, -0.05) is 25.1 Å². The Morgan fingerprint density at radius 3 is 3.12 bits per heavy atom. The summed E-state index contributed by atoms with van der Waals surface area (Å²) in [4.78, 5) is 21.6. The van der Waals surface area contributed by atoms with Crippen molar-refractivity contribution in [2.75, 3.05) is 6.61 Å². The summed E-state index contributed by atoms with van der Waals surface area (Å²) in [5.74, 6) is 0.304. The molecule has 1 aliphatic heterocycles. The van der Waals surface area contributed by atoms with Crippen LogP contribution in [-0.4, -0.2) is 18.7 Å². The second-order valence-electron chi connectivity index (χ2n) is 3.65. The van der Waals surface area contributed by atoms with Crippen molar-refractivity contribution in [1.29, 1.82) is 0 Å². The molecule has 1 aromatic rings. The SMILES string of the molecule is CCCOC(=O)C1Cc2ccccc2OO1. The average Bonchev–Trinajstić information content (AvgIpc) is 2.35. The number of hydrogen-bond acceptors (Lipinski definition) is 4. The van der Waals surface area contributed by atoms with E-state index >= 15 is 0 Å². The molecule has 86 valence electrons. The molecule has 0 fully saturated rings. The largest absolute Gasteiger partial charge is 0.464 e. The first-order valence-electron chi connectivity index (χ1n) is 5.39. The first kappa shape index (κ1) is 11.0. The van der Waals surface area contributed by atoms with Crippen LogP contribution in [-0.2, 0) is 20.8 Å². The molecule has 4 nitrogen and oxygen atoms in total. The van der Waals surface area contributed by atoms with Gasteiger partial charge in [-0.25, -0.2) is 4.79 Å². The maximum absolute atomic E-state index is 11.5. The smallest absolute Gasteiger partial charge is 0.340 e. The van der Waals surface area contributed by atoms with Gasteiger partial charge in [-0.3, -0.25) is 0 Å². The molecule has 0 aromatic heterocycles. The molecule has 1 aromatic carbocycles. The van der Waals surface area contributed by atoms with Crippen molar-refractivity contribution in [1.82, 2.24) is 0 Å². The monoisotopic (exact) mass is 222 g/mol. The third-order valence-electron chi connectivity index (χ3n) is 2.34. The van der Waals surface area contributed by atoms with Gasteiger partial charge in [0.2, 0.25) is 6.10 Å². The van der Waals surface area contributed by atoms with Crippen molar-refractivity contribution in [2.45, 2.75) is 25.9 Å². The molecule has 4 heteroatoms. The molecule has 0 radical (unpaired) electrons. The summed E-state index contributed by atoms with van der Waals surface area (Å²) >= 11 is 0. The molecular weight excluding hydrogens is 208 g/mol. The highest BCUT2D eigenvalue weighted by molar-refractivity contribution is 5.75. The Hall–Kier alpha value is -1.55. The van der Waals surface area contributed by atoms with Gasteiger partial charge >= 0.3 is 5.97 Å². The highest BCUT2D eigenvalue weighted by Gasteiger charge is 2.28. The minimum Gasteiger partial charge on any atom is -0.464 e. The van der Waals surface area contributed by atoms with Crippen molar-refractivity contribution in [2.24, 2.45) is 0 Å². The van der Waals surface area contributed by atoms with Crippen LogP contribution in [0.4, 0.5) is 0 Å². The number of esters is 1. The number of ether oxygens (including phenoxy) is 1. The summed E-state index contributed by atoms with van der Waals surface area (Å²) in [6.07, 6.45) is 0.649. The lowest BCUT2D eigenvalue weighted by Gasteiger charge is -2.22. The molecule has 0 bridgehead atoms. The predicted molar refractivity (Wildman–Crippen MR) is 56.9 cm³/mol. The summed E-state index contributed by atoms with van der Waals surface area (Å²) in [7, 11) is 0. The van der Waals surface area contributed by atoms with Crippen LogP contribution >= 0.6 is 0 Å². The van der Waals surface area contributed by atoms with E-state index in [0.29, 0.717) is 18.8 Å². The molecule has 1 unspecified atom stereocenters. The summed E-state index contributed by atoms with van der Waals surface area (Å²) in [6.45, 7) is 2.36. The maximum Gasteiger partial charge on any atom is 0.340 e. The molecule has 0 spiro atoms. The quantitative estimate of drug-likeness (QED) is 0.578. The van der Waals surface area contributed by atoms with E-state index in [9.17, 15) is 4.79 Å². The summed E-state index contributed by atoms with van der Waals surface area (Å²) in [5, 5.41) is 0. The molecule has 1 heterocycles. The Morgan fingerprint density at radius 2 is 2.31 bits per heavy atom. The van der Waals surface area contributed by atoms with Crippen molar-refractivity contribution in [3.8, 4) is 5.75 Å². The third kappa shape index (κ3) is 2.33. The van der Waals surface area contributed by atoms with E-state index in [4.69, 9.17) is 14.5 Å². The Balaban J connectivity index is 1.99. The van der Waals surface area contributed by atoms with Gasteiger partial charge < -0.3 is 9.62 Å². The van der Waals surface area contributed by atoms with Gasteiger partial charge in [0, 0.05) is 12.0 Å². The van der Waals surface area contributed by atoms with Crippen LogP contribution < -0.4 is 4.89 Å². The zero-order valence-electron chi connectivity index (χ0n) is 9.14. The number of rotatable bonds is 3. The number of fused-ring (bicyclic) bond motifs is 1. The first-order chi connectivity index (χ1) is 7.81. The average molecular weight is 222 g/mol. The van der Waals surface area contributed by atoms with Gasteiger partial charge in [-0.05, 0) is 12.5 Å². The Morgan fingerprint density at radius 1 is 1.50 bits per heavy atom. The van der Waals surface area contributed by atoms with Gasteiger partial charge in [0.1, 0.15) is 0 Å². The van der Waals surface area contributed by atoms with Crippen LogP contribution in [0.25, 0.3) is 0 Å². The Kier molecular flexibility index (Phi) is 3.41. The van der Waals surface area contributed by atoms with E-state index in [1.165, 1.54) is 0 Å². The zero-order valence-corrected chi connectivity index (χ0v) is 9.14. The lowest BCUT2D eigenvalue weighted by atomic mass is 10.1. The minimum atomic E-state index is -0.651. The van der Waals surface area contributed by atoms with Crippen molar-refractivity contribution < 1.29 is 19.3 Å². The number of benzene rings is 1. The van der Waals surface area contributed by atoms with Crippen LogP contribution in [0.2, 0.25) is 0 Å². The summed E-state index contributed by atoms with van der Waals surface area (Å²) in [5.41, 5.74) is 0.965. The van der Waals surface area contributed by atoms with Crippen molar-refractivity contribution in [3.05, 3.63) is 29.8 Å². The van der Waals surface area contributed by atoms with Gasteiger partial charge in [0.15, 0.2) is 5.75 Å². The number of para-hydroxylation sites is 1. The van der Waals surface area contributed by atoms with Crippen molar-refractivity contribution in [3.63, 3.8) is 0 Å². The number of hydrogen-bond donors (Lipinski definition) is 0. The van der Waals surface area contributed by atoms with Crippen LogP contribution in [0.3, 0.4) is 0 Å². The second kappa shape index (κ2) is 4.99. The molecule has 1 atom stereocenters. The number of carbonyl (C=O) groups excluding carboxylic acids is 1. The van der Waals surface area contributed by atoms with Crippen LogP contribution in [0.5, 0.6) is 5.75 Å². The predicted octanol–water partition coefficient (Wildman–Crippen LogP) is 1.87. The molecule has 2 rings (SSSR count). The maximum atomic E-state index is 11.5. The van der Waals surface area contributed by atoms with Gasteiger partial charge in [0.05, 0.1) is 6.61 Å². The molecule has 0 aliphatic carbocycles. The Labute approximate surface area is 94.0 Å². The summed E-state index contributed by atoms with van der Waals surface area (Å²) < 4.78 is 5.00. The van der Waals surface area contributed by atoms with E-state index < -0.39 is 6.10 Å². The lowest BCUT2D eigenvalue weighted by molar-refractivity contribution is -0.257.